The van der Waals surface area contributed by atoms with Crippen LogP contribution in [0.1, 0.15) is 40.9 Å². The highest BCUT2D eigenvalue weighted by Gasteiger charge is 2.43. The number of carbonyl (C=O) groups is 1. The summed E-state index contributed by atoms with van der Waals surface area (Å²) in [5, 5.41) is 7.21. The molecule has 0 saturated carbocycles. The molecule has 1 saturated heterocycles. The molecule has 2 aromatic heterocycles. The second-order valence-corrected chi connectivity index (χ2v) is 8.31. The number of fused-ring (bicyclic) bond motifs is 1. The van der Waals surface area contributed by atoms with Crippen molar-refractivity contribution in [1.29, 1.82) is 0 Å². The summed E-state index contributed by atoms with van der Waals surface area (Å²) in [4.78, 5) is 43.4. The monoisotopic (exact) mass is 421 g/mol. The van der Waals surface area contributed by atoms with Crippen LogP contribution in [0.15, 0.2) is 39.9 Å². The number of ether oxygens (including phenoxy) is 1. The summed E-state index contributed by atoms with van der Waals surface area (Å²) >= 11 is 0. The molecule has 3 N–H and O–H groups in total. The lowest BCUT2D eigenvalue weighted by Crippen LogP contribution is -2.37. The first-order valence-electron chi connectivity index (χ1n) is 10.4. The Morgan fingerprint density at radius 1 is 1.16 bits per heavy atom. The number of rotatable bonds is 2. The molecule has 2 aliphatic heterocycles. The molecule has 3 aromatic rings. The lowest BCUT2D eigenvalue weighted by atomic mass is 9.90. The van der Waals surface area contributed by atoms with Crippen LogP contribution in [-0.4, -0.2) is 49.7 Å². The number of aromatic nitrogens is 4. The molecule has 1 spiro atoms. The Kier molecular flexibility index (Phi) is 4.53. The molecule has 31 heavy (non-hydrogen) atoms. The summed E-state index contributed by atoms with van der Waals surface area (Å²) in [5.41, 5.74) is 2.19. The molecule has 9 heteroatoms. The Morgan fingerprint density at radius 3 is 2.84 bits per heavy atom. The summed E-state index contributed by atoms with van der Waals surface area (Å²) in [6.07, 6.45) is 2.44. The van der Waals surface area contributed by atoms with Crippen LogP contribution in [-0.2, 0) is 6.42 Å². The molecule has 1 aromatic carbocycles. The second kappa shape index (κ2) is 7.26. The summed E-state index contributed by atoms with van der Waals surface area (Å²) in [6.45, 7) is 3.09. The Bertz CT molecular complexity index is 1270. The van der Waals surface area contributed by atoms with E-state index >= 15 is 0 Å². The fourth-order valence-corrected chi connectivity index (χ4v) is 4.56. The molecule has 2 aliphatic rings. The molecule has 0 unspecified atom stereocenters. The lowest BCUT2D eigenvalue weighted by Gasteiger charge is -2.27. The molecule has 0 aliphatic carbocycles. The molecule has 160 valence electrons. The number of amides is 1. The first kappa shape index (κ1) is 19.3. The number of benzene rings is 1. The van der Waals surface area contributed by atoms with Gasteiger partial charge in [0.2, 0.25) is 5.88 Å². The standard InChI is InChI=1S/C22H23N5O4/c1-13-5-2-3-6-14(13)16-11-17(26-25-16)20(29)27-9-4-7-22(8-10-27)12-15-18(28)23-21(30)24-19(15)31-22/h2-3,5-6,11H,4,7-10,12H2,1H3,(H,25,26)(H2,23,24,28,30)/t22-/m1/s1. The van der Waals surface area contributed by atoms with Gasteiger partial charge in [0.05, 0.1) is 11.3 Å². The van der Waals surface area contributed by atoms with Crippen molar-refractivity contribution in [2.24, 2.45) is 0 Å². The Labute approximate surface area is 177 Å². The highest BCUT2D eigenvalue weighted by molar-refractivity contribution is 5.93. The highest BCUT2D eigenvalue weighted by atomic mass is 16.5. The number of aromatic amines is 3. The second-order valence-electron chi connectivity index (χ2n) is 8.31. The van der Waals surface area contributed by atoms with Gasteiger partial charge in [-0.1, -0.05) is 24.3 Å². The maximum Gasteiger partial charge on any atom is 0.328 e. The number of likely N-dealkylation sites (tertiary alicyclic amines) is 1. The first-order chi connectivity index (χ1) is 14.9. The van der Waals surface area contributed by atoms with Crippen molar-refractivity contribution in [2.75, 3.05) is 13.1 Å². The minimum absolute atomic E-state index is 0.105. The summed E-state index contributed by atoms with van der Waals surface area (Å²) < 4.78 is 6.05. The van der Waals surface area contributed by atoms with Gasteiger partial charge in [0.25, 0.3) is 11.5 Å². The number of hydrogen-bond acceptors (Lipinski definition) is 5. The van der Waals surface area contributed by atoms with Crippen molar-refractivity contribution in [3.05, 3.63) is 68.0 Å². The third-order valence-corrected chi connectivity index (χ3v) is 6.23. The minimum atomic E-state index is -0.574. The Balaban J connectivity index is 1.32. The van der Waals surface area contributed by atoms with Gasteiger partial charge in [-0.15, -0.1) is 0 Å². The van der Waals surface area contributed by atoms with E-state index < -0.39 is 16.9 Å². The fraction of sp³-hybridized carbons (Fsp3) is 0.364. The van der Waals surface area contributed by atoms with E-state index in [0.717, 1.165) is 23.2 Å². The zero-order valence-electron chi connectivity index (χ0n) is 17.2. The number of nitrogens with zero attached hydrogens (tertiary/aromatic N) is 2. The van der Waals surface area contributed by atoms with E-state index in [9.17, 15) is 14.4 Å². The van der Waals surface area contributed by atoms with Crippen molar-refractivity contribution >= 4 is 5.91 Å². The molecule has 5 rings (SSSR count). The van der Waals surface area contributed by atoms with Crippen molar-refractivity contribution in [3.63, 3.8) is 0 Å². The average Bonchev–Trinajstić information content (AvgIpc) is 3.30. The molecule has 9 nitrogen and oxygen atoms in total. The topological polar surface area (TPSA) is 124 Å². The number of aryl methyl sites for hydroxylation is 1. The van der Waals surface area contributed by atoms with E-state index in [-0.39, 0.29) is 11.8 Å². The largest absolute Gasteiger partial charge is 0.471 e. The highest BCUT2D eigenvalue weighted by Crippen LogP contribution is 2.38. The van der Waals surface area contributed by atoms with Crippen LogP contribution in [0.3, 0.4) is 0 Å². The van der Waals surface area contributed by atoms with Crippen LogP contribution >= 0.6 is 0 Å². The van der Waals surface area contributed by atoms with Crippen molar-refractivity contribution in [2.45, 2.75) is 38.2 Å². The maximum atomic E-state index is 13.1. The Morgan fingerprint density at radius 2 is 2.00 bits per heavy atom. The van der Waals surface area contributed by atoms with Crippen LogP contribution in [0.5, 0.6) is 5.88 Å². The maximum absolute atomic E-state index is 13.1. The molecule has 0 radical (unpaired) electrons. The Hall–Kier alpha value is -3.62. The third kappa shape index (κ3) is 3.45. The van der Waals surface area contributed by atoms with E-state index in [2.05, 4.69) is 20.2 Å². The third-order valence-electron chi connectivity index (χ3n) is 6.23. The molecule has 1 fully saturated rings. The van der Waals surface area contributed by atoms with E-state index in [1.807, 2.05) is 31.2 Å². The van der Waals surface area contributed by atoms with Gasteiger partial charge >= 0.3 is 5.69 Å². The van der Waals surface area contributed by atoms with Gasteiger partial charge in [-0.3, -0.25) is 24.7 Å². The summed E-state index contributed by atoms with van der Waals surface area (Å²) in [5.74, 6) is 0.149. The SMILES string of the molecule is Cc1ccccc1-c1cc(C(=O)N2CCC[C@@]3(CC2)Cc2c([nH]c(=O)[nH]c2=O)O3)[nH]n1. The number of hydrogen-bond donors (Lipinski definition) is 3. The van der Waals surface area contributed by atoms with Gasteiger partial charge in [0.1, 0.15) is 11.3 Å². The van der Waals surface area contributed by atoms with Gasteiger partial charge in [-0.2, -0.15) is 5.10 Å². The van der Waals surface area contributed by atoms with Crippen molar-refractivity contribution < 1.29 is 9.53 Å². The van der Waals surface area contributed by atoms with Crippen LogP contribution in [0.4, 0.5) is 0 Å². The molecular formula is C22H23N5O4. The summed E-state index contributed by atoms with van der Waals surface area (Å²) in [7, 11) is 0. The van der Waals surface area contributed by atoms with E-state index in [1.54, 1.807) is 11.0 Å². The zero-order valence-corrected chi connectivity index (χ0v) is 17.2. The minimum Gasteiger partial charge on any atom is -0.471 e. The van der Waals surface area contributed by atoms with E-state index in [1.165, 1.54) is 0 Å². The summed E-state index contributed by atoms with van der Waals surface area (Å²) in [6, 6.07) is 9.70. The molecule has 4 heterocycles. The molecule has 0 bridgehead atoms. The molecule has 1 atom stereocenters. The quantitative estimate of drug-likeness (QED) is 0.582. The molecular weight excluding hydrogens is 398 g/mol. The van der Waals surface area contributed by atoms with Gasteiger partial charge in [-0.05, 0) is 31.4 Å². The van der Waals surface area contributed by atoms with E-state index in [4.69, 9.17) is 4.74 Å². The van der Waals surface area contributed by atoms with Gasteiger partial charge in [-0.25, -0.2) is 4.79 Å². The smallest absolute Gasteiger partial charge is 0.328 e. The van der Waals surface area contributed by atoms with Crippen LogP contribution in [0.25, 0.3) is 11.3 Å². The number of nitrogens with one attached hydrogen (secondary N) is 3. The van der Waals surface area contributed by atoms with Gasteiger partial charge in [0, 0.05) is 31.5 Å². The fourth-order valence-electron chi connectivity index (χ4n) is 4.56. The van der Waals surface area contributed by atoms with Gasteiger partial charge < -0.3 is 9.64 Å². The molecule has 1 amide bonds. The van der Waals surface area contributed by atoms with Gasteiger partial charge in [0.15, 0.2) is 0 Å². The van der Waals surface area contributed by atoms with Crippen molar-refractivity contribution in [3.8, 4) is 17.1 Å². The van der Waals surface area contributed by atoms with E-state index in [0.29, 0.717) is 43.6 Å². The first-order valence-corrected chi connectivity index (χ1v) is 10.4. The predicted molar refractivity (Wildman–Crippen MR) is 113 cm³/mol. The van der Waals surface area contributed by atoms with Crippen LogP contribution in [0, 0.1) is 6.92 Å². The zero-order chi connectivity index (χ0) is 21.6. The van der Waals surface area contributed by atoms with Crippen molar-refractivity contribution in [1.82, 2.24) is 25.1 Å². The number of H-pyrrole nitrogens is 3. The predicted octanol–water partition coefficient (Wildman–Crippen LogP) is 1.76. The normalized spacial score (nSPS) is 20.4. The van der Waals surface area contributed by atoms with Crippen LogP contribution in [0.2, 0.25) is 0 Å². The lowest BCUT2D eigenvalue weighted by molar-refractivity contribution is 0.0654. The average molecular weight is 421 g/mol. The van der Waals surface area contributed by atoms with Crippen LogP contribution < -0.4 is 16.0 Å². The number of carbonyl (C=O) groups excluding carboxylic acids is 1.